The minimum atomic E-state index is -0.383. The van der Waals surface area contributed by atoms with Crippen LogP contribution in [0.5, 0.6) is 0 Å². The molecule has 0 amide bonds. The van der Waals surface area contributed by atoms with Crippen LogP contribution in [0.15, 0.2) is 53.7 Å². The van der Waals surface area contributed by atoms with Crippen LogP contribution in [0, 0.1) is 5.92 Å². The SMILES string of the molecule is N/C(=N\OC(=O)C1CC1c1ccccc1)c1ccc(Cl)cc1Cl. The summed E-state index contributed by atoms with van der Waals surface area (Å²) in [5, 5.41) is 4.53. The quantitative estimate of drug-likeness (QED) is 0.393. The fourth-order valence-electron chi connectivity index (χ4n) is 2.43. The van der Waals surface area contributed by atoms with Gasteiger partial charge in [0.25, 0.3) is 0 Å². The van der Waals surface area contributed by atoms with Gasteiger partial charge in [0, 0.05) is 10.6 Å². The first kappa shape index (κ1) is 15.8. The van der Waals surface area contributed by atoms with Crippen molar-refractivity contribution in [3.63, 3.8) is 0 Å². The number of carbonyl (C=O) groups is 1. The maximum absolute atomic E-state index is 12.0. The number of rotatable bonds is 4. The molecule has 1 aliphatic rings. The Hall–Kier alpha value is -2.04. The average Bonchev–Trinajstić information content (AvgIpc) is 3.34. The molecule has 2 unspecified atom stereocenters. The second kappa shape index (κ2) is 6.60. The van der Waals surface area contributed by atoms with Crippen LogP contribution in [0.4, 0.5) is 0 Å². The largest absolute Gasteiger partial charge is 0.380 e. The molecular formula is C17H14Cl2N2O2. The summed E-state index contributed by atoms with van der Waals surface area (Å²) in [6.45, 7) is 0. The highest BCUT2D eigenvalue weighted by molar-refractivity contribution is 6.36. The summed E-state index contributed by atoms with van der Waals surface area (Å²) in [7, 11) is 0. The molecule has 2 atom stereocenters. The average molecular weight is 349 g/mol. The Balaban J connectivity index is 1.63. The van der Waals surface area contributed by atoms with E-state index in [0.29, 0.717) is 15.6 Å². The molecule has 23 heavy (non-hydrogen) atoms. The smallest absolute Gasteiger partial charge is 0.338 e. The standard InChI is InChI=1S/C17H14Cl2N2O2/c18-11-6-7-12(15(19)8-11)16(20)21-23-17(22)14-9-13(14)10-4-2-1-3-5-10/h1-8,13-14H,9H2,(H2,20,21). The zero-order valence-corrected chi connectivity index (χ0v) is 13.6. The molecule has 2 aromatic rings. The van der Waals surface area contributed by atoms with E-state index in [1.807, 2.05) is 30.3 Å². The number of nitrogens with two attached hydrogens (primary N) is 1. The van der Waals surface area contributed by atoms with Gasteiger partial charge >= 0.3 is 5.97 Å². The van der Waals surface area contributed by atoms with Gasteiger partial charge in [-0.15, -0.1) is 0 Å². The predicted molar refractivity (Wildman–Crippen MR) is 90.6 cm³/mol. The van der Waals surface area contributed by atoms with Crippen LogP contribution in [0.25, 0.3) is 0 Å². The lowest BCUT2D eigenvalue weighted by Gasteiger charge is -2.04. The van der Waals surface area contributed by atoms with Crippen LogP contribution in [0.1, 0.15) is 23.5 Å². The number of amidine groups is 1. The van der Waals surface area contributed by atoms with E-state index < -0.39 is 0 Å². The predicted octanol–water partition coefficient (Wildman–Crippen LogP) is 3.96. The summed E-state index contributed by atoms with van der Waals surface area (Å²) < 4.78 is 0. The highest BCUT2D eigenvalue weighted by Crippen LogP contribution is 2.48. The maximum Gasteiger partial charge on any atom is 0.338 e. The van der Waals surface area contributed by atoms with Crippen LogP contribution in [-0.4, -0.2) is 11.8 Å². The minimum absolute atomic E-state index is 0.0388. The Morgan fingerprint density at radius 3 is 2.61 bits per heavy atom. The van der Waals surface area contributed by atoms with Gasteiger partial charge in [0.05, 0.1) is 10.9 Å². The van der Waals surface area contributed by atoms with Gasteiger partial charge in [-0.2, -0.15) is 0 Å². The molecule has 0 bridgehead atoms. The molecule has 1 saturated carbocycles. The fraction of sp³-hybridized carbons (Fsp3) is 0.176. The number of hydrogen-bond donors (Lipinski definition) is 1. The lowest BCUT2D eigenvalue weighted by molar-refractivity contribution is -0.145. The van der Waals surface area contributed by atoms with Gasteiger partial charge in [0.1, 0.15) is 0 Å². The van der Waals surface area contributed by atoms with Crippen LogP contribution < -0.4 is 5.73 Å². The summed E-state index contributed by atoms with van der Waals surface area (Å²) in [4.78, 5) is 17.0. The summed E-state index contributed by atoms with van der Waals surface area (Å²) in [6, 6.07) is 14.7. The van der Waals surface area contributed by atoms with Crippen molar-refractivity contribution in [2.24, 2.45) is 16.8 Å². The van der Waals surface area contributed by atoms with E-state index in [-0.39, 0.29) is 23.6 Å². The van der Waals surface area contributed by atoms with Crippen LogP contribution in [-0.2, 0) is 9.63 Å². The van der Waals surface area contributed by atoms with E-state index in [9.17, 15) is 4.79 Å². The molecular weight excluding hydrogens is 335 g/mol. The molecule has 4 nitrogen and oxygen atoms in total. The Kier molecular flexibility index (Phi) is 4.55. The summed E-state index contributed by atoms with van der Waals surface area (Å²) in [5.41, 5.74) is 7.41. The van der Waals surface area contributed by atoms with Crippen LogP contribution >= 0.6 is 23.2 Å². The third-order valence-corrected chi connectivity index (χ3v) is 4.31. The molecule has 3 rings (SSSR count). The van der Waals surface area contributed by atoms with Gasteiger partial charge in [0.15, 0.2) is 5.84 Å². The van der Waals surface area contributed by atoms with Gasteiger partial charge in [0.2, 0.25) is 0 Å². The summed E-state index contributed by atoms with van der Waals surface area (Å²) in [6.07, 6.45) is 0.764. The molecule has 0 aromatic heterocycles. The highest BCUT2D eigenvalue weighted by atomic mass is 35.5. The molecule has 0 radical (unpaired) electrons. The molecule has 2 aromatic carbocycles. The molecule has 0 saturated heterocycles. The van der Waals surface area contributed by atoms with Crippen molar-refractivity contribution >= 4 is 35.0 Å². The van der Waals surface area contributed by atoms with Gasteiger partial charge in [-0.05, 0) is 36.1 Å². The van der Waals surface area contributed by atoms with Crippen LogP contribution in [0.2, 0.25) is 10.0 Å². The number of carbonyl (C=O) groups excluding carboxylic acids is 1. The molecule has 2 N–H and O–H groups in total. The van der Waals surface area contributed by atoms with Gasteiger partial charge < -0.3 is 10.6 Å². The van der Waals surface area contributed by atoms with Gasteiger partial charge in [-0.25, -0.2) is 4.79 Å². The molecule has 0 spiro atoms. The topological polar surface area (TPSA) is 64.7 Å². The zero-order valence-electron chi connectivity index (χ0n) is 12.1. The Morgan fingerprint density at radius 2 is 1.91 bits per heavy atom. The Labute approximate surface area is 143 Å². The fourth-order valence-corrected chi connectivity index (χ4v) is 2.94. The second-order valence-electron chi connectivity index (χ2n) is 5.37. The second-order valence-corrected chi connectivity index (χ2v) is 6.21. The number of oxime groups is 1. The van der Waals surface area contributed by atoms with Crippen molar-refractivity contribution < 1.29 is 9.63 Å². The number of benzene rings is 2. The molecule has 1 aliphatic carbocycles. The van der Waals surface area contributed by atoms with Crippen molar-refractivity contribution in [3.8, 4) is 0 Å². The van der Waals surface area contributed by atoms with Gasteiger partial charge in [-0.1, -0.05) is 58.7 Å². The Morgan fingerprint density at radius 1 is 1.17 bits per heavy atom. The normalized spacial score (nSPS) is 20.2. The molecule has 0 aliphatic heterocycles. The third kappa shape index (κ3) is 3.66. The van der Waals surface area contributed by atoms with E-state index >= 15 is 0 Å². The summed E-state index contributed by atoms with van der Waals surface area (Å²) >= 11 is 11.9. The van der Waals surface area contributed by atoms with Crippen LogP contribution in [0.3, 0.4) is 0 Å². The van der Waals surface area contributed by atoms with E-state index in [0.717, 1.165) is 12.0 Å². The molecule has 6 heteroatoms. The minimum Gasteiger partial charge on any atom is -0.380 e. The Bertz CT molecular complexity index is 762. The molecule has 118 valence electrons. The third-order valence-electron chi connectivity index (χ3n) is 3.76. The van der Waals surface area contributed by atoms with E-state index in [1.54, 1.807) is 18.2 Å². The van der Waals surface area contributed by atoms with E-state index in [2.05, 4.69) is 5.16 Å². The number of halogens is 2. The zero-order chi connectivity index (χ0) is 16.4. The number of hydrogen-bond acceptors (Lipinski definition) is 3. The summed E-state index contributed by atoms with van der Waals surface area (Å²) in [5.74, 6) is -0.322. The van der Waals surface area contributed by atoms with Crippen molar-refractivity contribution in [2.45, 2.75) is 12.3 Å². The molecule has 1 fully saturated rings. The number of nitrogens with zero attached hydrogens (tertiary/aromatic N) is 1. The van der Waals surface area contributed by atoms with Crippen molar-refractivity contribution in [1.82, 2.24) is 0 Å². The first-order valence-corrected chi connectivity index (χ1v) is 7.86. The highest BCUT2D eigenvalue weighted by Gasteiger charge is 2.45. The maximum atomic E-state index is 12.0. The van der Waals surface area contributed by atoms with Crippen molar-refractivity contribution in [1.29, 1.82) is 0 Å². The lowest BCUT2D eigenvalue weighted by Crippen LogP contribution is -2.16. The van der Waals surface area contributed by atoms with E-state index in [4.69, 9.17) is 33.8 Å². The first-order valence-electron chi connectivity index (χ1n) is 7.11. The first-order chi connectivity index (χ1) is 11.1. The lowest BCUT2D eigenvalue weighted by atomic mass is 10.1. The monoisotopic (exact) mass is 348 g/mol. The van der Waals surface area contributed by atoms with Crippen molar-refractivity contribution in [2.75, 3.05) is 0 Å². The van der Waals surface area contributed by atoms with Gasteiger partial charge in [-0.3, -0.25) is 0 Å². The van der Waals surface area contributed by atoms with Crippen molar-refractivity contribution in [3.05, 3.63) is 69.7 Å². The van der Waals surface area contributed by atoms with E-state index in [1.165, 1.54) is 0 Å². The molecule has 0 heterocycles.